The van der Waals surface area contributed by atoms with Gasteiger partial charge in [-0.05, 0) is 48.2 Å². The highest BCUT2D eigenvalue weighted by Gasteiger charge is 2.14. The molecule has 0 bridgehead atoms. The molecule has 0 radical (unpaired) electrons. The number of aryl methyl sites for hydroxylation is 1. The topological polar surface area (TPSA) is 75.3 Å². The fraction of sp³-hybridized carbons (Fsp3) is 0.0952. The first-order valence-corrected chi connectivity index (χ1v) is 9.73. The maximum Gasteiger partial charge on any atom is 0.255 e. The van der Waals surface area contributed by atoms with Crippen LogP contribution in [0.4, 0.5) is 5.69 Å². The molecular formula is C21H18N2O3S. The standard InChI is InChI=1S/C21H18N2O3S/c1-3-12-22-27(25,26)18-10-8-16(9-11-18)21(24)23-20-14-15(2)13-17-6-4-5-7-19(17)20/h1,4-11,13-14,22H,12H2,2H3,(H,23,24). The molecule has 6 heteroatoms. The van der Waals surface area contributed by atoms with Crippen LogP contribution < -0.4 is 10.0 Å². The summed E-state index contributed by atoms with van der Waals surface area (Å²) in [5.41, 5.74) is 2.10. The summed E-state index contributed by atoms with van der Waals surface area (Å²) in [6.45, 7) is 1.87. The summed E-state index contributed by atoms with van der Waals surface area (Å²) >= 11 is 0. The van der Waals surface area contributed by atoms with Gasteiger partial charge in [0, 0.05) is 16.6 Å². The second kappa shape index (κ2) is 7.62. The molecule has 27 heavy (non-hydrogen) atoms. The number of carbonyl (C=O) groups excluding carboxylic acids is 1. The molecular weight excluding hydrogens is 360 g/mol. The Bertz CT molecular complexity index is 1140. The fourth-order valence-corrected chi connectivity index (χ4v) is 3.70. The highest BCUT2D eigenvalue weighted by molar-refractivity contribution is 7.89. The van der Waals surface area contributed by atoms with E-state index in [0.29, 0.717) is 11.3 Å². The molecule has 3 aromatic carbocycles. The Morgan fingerprint density at radius 1 is 1.07 bits per heavy atom. The van der Waals surface area contributed by atoms with E-state index in [-0.39, 0.29) is 17.3 Å². The molecule has 1 amide bonds. The molecule has 0 saturated heterocycles. The maximum atomic E-state index is 12.6. The number of nitrogens with one attached hydrogen (secondary N) is 2. The van der Waals surface area contributed by atoms with Gasteiger partial charge in [0.1, 0.15) is 0 Å². The molecule has 0 saturated carbocycles. The molecule has 0 aliphatic rings. The van der Waals surface area contributed by atoms with Gasteiger partial charge in [-0.2, -0.15) is 4.72 Å². The second-order valence-electron chi connectivity index (χ2n) is 6.04. The van der Waals surface area contributed by atoms with E-state index in [2.05, 4.69) is 16.0 Å². The lowest BCUT2D eigenvalue weighted by atomic mass is 10.1. The number of hydrogen-bond donors (Lipinski definition) is 2. The van der Waals surface area contributed by atoms with Crippen LogP contribution in [0.1, 0.15) is 15.9 Å². The largest absolute Gasteiger partial charge is 0.321 e. The van der Waals surface area contributed by atoms with Crippen molar-refractivity contribution in [3.05, 3.63) is 71.8 Å². The fourth-order valence-electron chi connectivity index (χ4n) is 2.76. The van der Waals surface area contributed by atoms with Gasteiger partial charge in [-0.25, -0.2) is 8.42 Å². The van der Waals surface area contributed by atoms with E-state index in [0.717, 1.165) is 16.3 Å². The molecule has 0 aliphatic heterocycles. The zero-order valence-corrected chi connectivity index (χ0v) is 15.5. The van der Waals surface area contributed by atoms with Crippen molar-refractivity contribution < 1.29 is 13.2 Å². The summed E-state index contributed by atoms with van der Waals surface area (Å²) in [4.78, 5) is 12.7. The number of rotatable bonds is 5. The minimum Gasteiger partial charge on any atom is -0.321 e. The summed E-state index contributed by atoms with van der Waals surface area (Å²) in [7, 11) is -3.68. The number of anilines is 1. The molecule has 5 nitrogen and oxygen atoms in total. The number of hydrogen-bond acceptors (Lipinski definition) is 3. The van der Waals surface area contributed by atoms with E-state index in [1.54, 1.807) is 0 Å². The number of sulfonamides is 1. The molecule has 0 unspecified atom stereocenters. The third-order valence-corrected chi connectivity index (χ3v) is 5.46. The Labute approximate surface area is 158 Å². The lowest BCUT2D eigenvalue weighted by Crippen LogP contribution is -2.24. The van der Waals surface area contributed by atoms with E-state index in [1.165, 1.54) is 24.3 Å². The predicted molar refractivity (Wildman–Crippen MR) is 107 cm³/mol. The first-order valence-electron chi connectivity index (χ1n) is 8.24. The average molecular weight is 378 g/mol. The number of benzene rings is 3. The summed E-state index contributed by atoms with van der Waals surface area (Å²) in [6, 6.07) is 17.4. The van der Waals surface area contributed by atoms with E-state index < -0.39 is 10.0 Å². The molecule has 2 N–H and O–H groups in total. The Balaban J connectivity index is 1.85. The van der Waals surface area contributed by atoms with E-state index in [4.69, 9.17) is 6.42 Å². The Morgan fingerprint density at radius 3 is 2.48 bits per heavy atom. The van der Waals surface area contributed by atoms with Gasteiger partial charge in [-0.15, -0.1) is 6.42 Å². The normalized spacial score (nSPS) is 11.1. The van der Waals surface area contributed by atoms with Crippen LogP contribution in [-0.4, -0.2) is 20.9 Å². The van der Waals surface area contributed by atoms with E-state index in [1.807, 2.05) is 43.3 Å². The van der Waals surface area contributed by atoms with Crippen LogP contribution in [0.25, 0.3) is 10.8 Å². The minimum absolute atomic E-state index is 0.0512. The van der Waals surface area contributed by atoms with Crippen molar-refractivity contribution >= 4 is 32.4 Å². The van der Waals surface area contributed by atoms with Crippen molar-refractivity contribution in [2.24, 2.45) is 0 Å². The van der Waals surface area contributed by atoms with Crippen LogP contribution in [0.15, 0.2) is 65.6 Å². The number of fused-ring (bicyclic) bond motifs is 1. The summed E-state index contributed by atoms with van der Waals surface area (Å²) in [6.07, 6.45) is 5.07. The van der Waals surface area contributed by atoms with E-state index in [9.17, 15) is 13.2 Å². The van der Waals surface area contributed by atoms with Crippen molar-refractivity contribution in [2.45, 2.75) is 11.8 Å². The monoisotopic (exact) mass is 378 g/mol. The zero-order valence-electron chi connectivity index (χ0n) is 14.7. The van der Waals surface area contributed by atoms with Gasteiger partial charge in [0.15, 0.2) is 0 Å². The highest BCUT2D eigenvalue weighted by Crippen LogP contribution is 2.26. The Hall–Kier alpha value is -3.14. The third-order valence-electron chi connectivity index (χ3n) is 4.05. The SMILES string of the molecule is C#CCNS(=O)(=O)c1ccc(C(=O)Nc2cc(C)cc3ccccc23)cc1. The second-order valence-corrected chi connectivity index (χ2v) is 7.81. The smallest absolute Gasteiger partial charge is 0.255 e. The van der Waals surface area contributed by atoms with E-state index >= 15 is 0 Å². The van der Waals surface area contributed by atoms with Gasteiger partial charge in [-0.1, -0.05) is 36.3 Å². The molecule has 0 aliphatic carbocycles. The first-order chi connectivity index (χ1) is 12.9. The van der Waals surface area contributed by atoms with Crippen molar-refractivity contribution in [3.63, 3.8) is 0 Å². The first kappa shape index (κ1) is 18.6. The average Bonchev–Trinajstić information content (AvgIpc) is 2.66. The highest BCUT2D eigenvalue weighted by atomic mass is 32.2. The van der Waals surface area contributed by atoms with Crippen molar-refractivity contribution in [1.82, 2.24) is 4.72 Å². The van der Waals surface area contributed by atoms with Gasteiger partial charge >= 0.3 is 0 Å². The molecule has 136 valence electrons. The van der Waals surface area contributed by atoms with Gasteiger partial charge in [0.25, 0.3) is 5.91 Å². The van der Waals surface area contributed by atoms with Crippen molar-refractivity contribution in [3.8, 4) is 12.3 Å². The number of amides is 1. The van der Waals surface area contributed by atoms with Crippen molar-refractivity contribution in [1.29, 1.82) is 0 Å². The quantitative estimate of drug-likeness (QED) is 0.669. The number of terminal acetylenes is 1. The lowest BCUT2D eigenvalue weighted by molar-refractivity contribution is 0.102. The summed E-state index contributed by atoms with van der Waals surface area (Å²) in [5, 5.41) is 4.88. The van der Waals surface area contributed by atoms with Gasteiger partial charge < -0.3 is 5.32 Å². The van der Waals surface area contributed by atoms with Crippen LogP contribution >= 0.6 is 0 Å². The minimum atomic E-state index is -3.68. The number of carbonyl (C=O) groups is 1. The van der Waals surface area contributed by atoms with Crippen LogP contribution in [0.3, 0.4) is 0 Å². The zero-order chi connectivity index (χ0) is 19.4. The Morgan fingerprint density at radius 2 is 1.78 bits per heavy atom. The van der Waals surface area contributed by atoms with Crippen LogP contribution in [-0.2, 0) is 10.0 Å². The Kier molecular flexibility index (Phi) is 5.26. The third kappa shape index (κ3) is 4.17. The predicted octanol–water partition coefficient (Wildman–Crippen LogP) is 3.31. The van der Waals surface area contributed by atoms with Crippen LogP contribution in [0.2, 0.25) is 0 Å². The molecule has 3 aromatic rings. The van der Waals surface area contributed by atoms with Crippen molar-refractivity contribution in [2.75, 3.05) is 11.9 Å². The molecule has 0 spiro atoms. The molecule has 0 fully saturated rings. The molecule has 0 atom stereocenters. The van der Waals surface area contributed by atoms with Gasteiger partial charge in [0.05, 0.1) is 11.4 Å². The molecule has 3 rings (SSSR count). The van der Waals surface area contributed by atoms with Gasteiger partial charge in [0.2, 0.25) is 10.0 Å². The van der Waals surface area contributed by atoms with Crippen LogP contribution in [0.5, 0.6) is 0 Å². The molecule has 0 heterocycles. The van der Waals surface area contributed by atoms with Crippen LogP contribution in [0, 0.1) is 19.3 Å². The maximum absolute atomic E-state index is 12.6. The summed E-state index contributed by atoms with van der Waals surface area (Å²) < 4.78 is 26.4. The van der Waals surface area contributed by atoms with Gasteiger partial charge in [-0.3, -0.25) is 4.79 Å². The molecule has 0 aromatic heterocycles. The summed E-state index contributed by atoms with van der Waals surface area (Å²) in [5.74, 6) is 1.90. The lowest BCUT2D eigenvalue weighted by Gasteiger charge is -2.11.